The number of carbonyl (C=O) groups excluding carboxylic acids is 1. The first kappa shape index (κ1) is 20.2. The van der Waals surface area contributed by atoms with Crippen molar-refractivity contribution >= 4 is 5.91 Å². The standard InChI is InChI=1S/C22H32N2O2/c1-4-6-8-14-19-21(18-12-9-7-10-13-18)20(22(23)25)17(3)24(19)15-11-16-26-5-2/h7,9-10,12-13H,4-6,8,11,14-16H2,1-3H3,(H2,23,25). The Hall–Kier alpha value is -2.07. The van der Waals surface area contributed by atoms with Crippen LogP contribution in [0.5, 0.6) is 0 Å². The molecule has 1 aromatic heterocycles. The minimum atomic E-state index is -0.346. The third kappa shape index (κ3) is 4.76. The van der Waals surface area contributed by atoms with Gasteiger partial charge in [0.05, 0.1) is 5.56 Å². The molecule has 0 saturated carbocycles. The number of nitrogens with two attached hydrogens (primary N) is 1. The fraction of sp³-hybridized carbons (Fsp3) is 0.500. The summed E-state index contributed by atoms with van der Waals surface area (Å²) in [5.41, 5.74) is 10.7. The van der Waals surface area contributed by atoms with Gasteiger partial charge in [-0.3, -0.25) is 4.79 Å². The Balaban J connectivity index is 2.49. The molecule has 0 aliphatic heterocycles. The quantitative estimate of drug-likeness (QED) is 0.592. The molecule has 0 bridgehead atoms. The summed E-state index contributed by atoms with van der Waals surface area (Å²) in [7, 11) is 0. The Morgan fingerprint density at radius 3 is 2.46 bits per heavy atom. The highest BCUT2D eigenvalue weighted by Crippen LogP contribution is 2.34. The van der Waals surface area contributed by atoms with E-state index in [4.69, 9.17) is 10.5 Å². The molecule has 1 aromatic carbocycles. The lowest BCUT2D eigenvalue weighted by molar-refractivity contribution is 0.1000. The Kier molecular flexibility index (Phi) is 7.92. The highest BCUT2D eigenvalue weighted by molar-refractivity contribution is 6.02. The third-order valence-electron chi connectivity index (χ3n) is 4.83. The molecule has 2 rings (SSSR count). The van der Waals surface area contributed by atoms with Crippen molar-refractivity contribution in [2.24, 2.45) is 5.73 Å². The zero-order valence-corrected chi connectivity index (χ0v) is 16.4. The van der Waals surface area contributed by atoms with E-state index in [1.54, 1.807) is 0 Å². The van der Waals surface area contributed by atoms with Gasteiger partial charge < -0.3 is 15.0 Å². The Morgan fingerprint density at radius 2 is 1.85 bits per heavy atom. The number of rotatable bonds is 11. The van der Waals surface area contributed by atoms with Crippen molar-refractivity contribution in [3.8, 4) is 11.1 Å². The van der Waals surface area contributed by atoms with Crippen LogP contribution in [0.25, 0.3) is 11.1 Å². The van der Waals surface area contributed by atoms with E-state index in [2.05, 4.69) is 23.6 Å². The van der Waals surface area contributed by atoms with Crippen LogP contribution in [-0.4, -0.2) is 23.7 Å². The van der Waals surface area contributed by atoms with Crippen LogP contribution in [0.3, 0.4) is 0 Å². The second-order valence-corrected chi connectivity index (χ2v) is 6.67. The fourth-order valence-corrected chi connectivity index (χ4v) is 3.59. The molecule has 2 aromatic rings. The second-order valence-electron chi connectivity index (χ2n) is 6.67. The molecule has 2 N–H and O–H groups in total. The molecule has 0 radical (unpaired) electrons. The number of amides is 1. The summed E-state index contributed by atoms with van der Waals surface area (Å²) in [6.45, 7) is 8.54. The Morgan fingerprint density at radius 1 is 1.12 bits per heavy atom. The minimum absolute atomic E-state index is 0.346. The smallest absolute Gasteiger partial charge is 0.251 e. The van der Waals surface area contributed by atoms with Gasteiger partial charge in [0, 0.05) is 36.7 Å². The van der Waals surface area contributed by atoms with Crippen LogP contribution in [0.4, 0.5) is 0 Å². The van der Waals surface area contributed by atoms with Crippen molar-refractivity contribution in [1.82, 2.24) is 4.57 Å². The van der Waals surface area contributed by atoms with E-state index in [0.29, 0.717) is 5.56 Å². The van der Waals surface area contributed by atoms with Crippen LogP contribution >= 0.6 is 0 Å². The van der Waals surface area contributed by atoms with Crippen molar-refractivity contribution in [2.75, 3.05) is 13.2 Å². The zero-order valence-electron chi connectivity index (χ0n) is 16.4. The van der Waals surface area contributed by atoms with Crippen LogP contribution in [0, 0.1) is 6.92 Å². The summed E-state index contributed by atoms with van der Waals surface area (Å²) >= 11 is 0. The molecule has 0 saturated heterocycles. The Labute approximate surface area is 157 Å². The van der Waals surface area contributed by atoms with E-state index in [0.717, 1.165) is 55.8 Å². The van der Waals surface area contributed by atoms with E-state index in [1.165, 1.54) is 18.5 Å². The molecule has 0 atom stereocenters. The summed E-state index contributed by atoms with van der Waals surface area (Å²) in [5.74, 6) is -0.346. The van der Waals surface area contributed by atoms with Gasteiger partial charge in [-0.05, 0) is 38.7 Å². The summed E-state index contributed by atoms with van der Waals surface area (Å²) in [6, 6.07) is 10.1. The predicted octanol–water partition coefficient (Wildman–Crippen LogP) is 4.72. The van der Waals surface area contributed by atoms with E-state index in [1.807, 2.05) is 32.0 Å². The number of carbonyl (C=O) groups is 1. The number of unbranched alkanes of at least 4 members (excludes halogenated alkanes) is 2. The van der Waals surface area contributed by atoms with Gasteiger partial charge in [-0.15, -0.1) is 0 Å². The normalized spacial score (nSPS) is 11.0. The minimum Gasteiger partial charge on any atom is -0.382 e. The van der Waals surface area contributed by atoms with Gasteiger partial charge in [0.1, 0.15) is 0 Å². The van der Waals surface area contributed by atoms with Gasteiger partial charge in [-0.25, -0.2) is 0 Å². The molecule has 0 fully saturated rings. The molecule has 1 amide bonds. The fourth-order valence-electron chi connectivity index (χ4n) is 3.59. The number of nitrogens with zero attached hydrogens (tertiary/aromatic N) is 1. The lowest BCUT2D eigenvalue weighted by Crippen LogP contribution is -2.13. The number of benzene rings is 1. The summed E-state index contributed by atoms with van der Waals surface area (Å²) in [5, 5.41) is 0. The average Bonchev–Trinajstić information content (AvgIpc) is 2.92. The van der Waals surface area contributed by atoms with Gasteiger partial charge >= 0.3 is 0 Å². The van der Waals surface area contributed by atoms with E-state index >= 15 is 0 Å². The molecule has 0 spiro atoms. The van der Waals surface area contributed by atoms with Crippen molar-refractivity contribution in [2.45, 2.75) is 59.4 Å². The van der Waals surface area contributed by atoms with Gasteiger partial charge in [0.15, 0.2) is 0 Å². The first-order valence-electron chi connectivity index (χ1n) is 9.76. The number of ether oxygens (including phenoxy) is 1. The second kappa shape index (κ2) is 10.2. The van der Waals surface area contributed by atoms with E-state index in [-0.39, 0.29) is 5.91 Å². The topological polar surface area (TPSA) is 57.2 Å². The lowest BCUT2D eigenvalue weighted by atomic mass is 9.97. The molecule has 4 heteroatoms. The monoisotopic (exact) mass is 356 g/mol. The van der Waals surface area contributed by atoms with Gasteiger partial charge in [-0.2, -0.15) is 0 Å². The van der Waals surface area contributed by atoms with Crippen LogP contribution < -0.4 is 5.73 Å². The van der Waals surface area contributed by atoms with Crippen molar-refractivity contribution < 1.29 is 9.53 Å². The van der Waals surface area contributed by atoms with Crippen LogP contribution in [-0.2, 0) is 17.7 Å². The first-order valence-corrected chi connectivity index (χ1v) is 9.76. The predicted molar refractivity (Wildman–Crippen MR) is 107 cm³/mol. The third-order valence-corrected chi connectivity index (χ3v) is 4.83. The molecule has 0 aliphatic rings. The maximum atomic E-state index is 12.3. The first-order chi connectivity index (χ1) is 12.6. The van der Waals surface area contributed by atoms with Crippen molar-refractivity contribution in [1.29, 1.82) is 0 Å². The molecule has 1 heterocycles. The largest absolute Gasteiger partial charge is 0.382 e. The van der Waals surface area contributed by atoms with E-state index in [9.17, 15) is 4.79 Å². The summed E-state index contributed by atoms with van der Waals surface area (Å²) in [4.78, 5) is 12.3. The number of hydrogen-bond acceptors (Lipinski definition) is 2. The number of hydrogen-bond donors (Lipinski definition) is 1. The highest BCUT2D eigenvalue weighted by atomic mass is 16.5. The van der Waals surface area contributed by atoms with Crippen LogP contribution in [0.1, 0.15) is 61.3 Å². The molecule has 0 aliphatic carbocycles. The molecular formula is C22H32N2O2. The highest BCUT2D eigenvalue weighted by Gasteiger charge is 2.24. The SMILES string of the molecule is CCCCCc1c(-c2ccccc2)c(C(N)=O)c(C)n1CCCOCC. The molecular weight excluding hydrogens is 324 g/mol. The summed E-state index contributed by atoms with van der Waals surface area (Å²) in [6.07, 6.45) is 5.36. The Bertz CT molecular complexity index is 705. The number of aromatic nitrogens is 1. The molecule has 0 unspecified atom stereocenters. The molecule has 26 heavy (non-hydrogen) atoms. The van der Waals surface area contributed by atoms with Crippen molar-refractivity contribution in [3.05, 3.63) is 47.3 Å². The van der Waals surface area contributed by atoms with Crippen LogP contribution in [0.2, 0.25) is 0 Å². The van der Waals surface area contributed by atoms with Gasteiger partial charge in [0.2, 0.25) is 0 Å². The molecule has 142 valence electrons. The maximum absolute atomic E-state index is 12.3. The maximum Gasteiger partial charge on any atom is 0.251 e. The average molecular weight is 357 g/mol. The van der Waals surface area contributed by atoms with Crippen molar-refractivity contribution in [3.63, 3.8) is 0 Å². The summed E-state index contributed by atoms with van der Waals surface area (Å²) < 4.78 is 7.79. The van der Waals surface area contributed by atoms with Gasteiger partial charge in [0.25, 0.3) is 5.91 Å². The molecule has 4 nitrogen and oxygen atoms in total. The van der Waals surface area contributed by atoms with Crippen LogP contribution in [0.15, 0.2) is 30.3 Å². The number of primary amides is 1. The van der Waals surface area contributed by atoms with E-state index < -0.39 is 0 Å². The lowest BCUT2D eigenvalue weighted by Gasteiger charge is -2.13. The van der Waals surface area contributed by atoms with Gasteiger partial charge in [-0.1, -0.05) is 50.1 Å². The zero-order chi connectivity index (χ0) is 18.9.